The highest BCUT2D eigenvalue weighted by atomic mass is 32.1. The van der Waals surface area contributed by atoms with Gasteiger partial charge in [-0.3, -0.25) is 4.90 Å². The molecule has 0 aromatic carbocycles. The van der Waals surface area contributed by atoms with Gasteiger partial charge in [-0.2, -0.15) is 13.2 Å². The Morgan fingerprint density at radius 1 is 1.40 bits per heavy atom. The normalized spacial score (nSPS) is 20.9. The number of nitrogens with zero attached hydrogens (tertiary/aromatic N) is 3. The van der Waals surface area contributed by atoms with Gasteiger partial charge in [-0.05, 0) is 19.4 Å². The first kappa shape index (κ1) is 19.9. The summed E-state index contributed by atoms with van der Waals surface area (Å²) in [6.45, 7) is 8.51. The van der Waals surface area contributed by atoms with Crippen molar-refractivity contribution in [2.75, 3.05) is 44.3 Å². The third-order valence-electron chi connectivity index (χ3n) is 4.56. The summed E-state index contributed by atoms with van der Waals surface area (Å²) in [6, 6.07) is 0. The number of rotatable bonds is 2. The first-order valence-electron chi connectivity index (χ1n) is 8.06. The molecule has 2 aliphatic rings. The number of aliphatic carboxylic acids is 1. The predicted molar refractivity (Wildman–Crippen MR) is 88.0 cm³/mol. The Kier molecular flexibility index (Phi) is 6.64. The Morgan fingerprint density at radius 3 is 2.52 bits per heavy atom. The summed E-state index contributed by atoms with van der Waals surface area (Å²) < 4.78 is 37.5. The van der Waals surface area contributed by atoms with Gasteiger partial charge < -0.3 is 14.7 Å². The van der Waals surface area contributed by atoms with E-state index in [1.807, 2.05) is 6.20 Å². The van der Waals surface area contributed by atoms with Gasteiger partial charge in [-0.15, -0.1) is 11.3 Å². The van der Waals surface area contributed by atoms with Crippen LogP contribution in [0, 0.1) is 0 Å². The van der Waals surface area contributed by atoms with Crippen LogP contribution in [0.3, 0.4) is 0 Å². The molecule has 0 bridgehead atoms. The lowest BCUT2D eigenvalue weighted by atomic mass is 9.85. The monoisotopic (exact) mass is 381 g/mol. The molecular weight excluding hydrogens is 359 g/mol. The summed E-state index contributed by atoms with van der Waals surface area (Å²) >= 11 is 1.74. The second-order valence-electron chi connectivity index (χ2n) is 5.96. The van der Waals surface area contributed by atoms with Crippen molar-refractivity contribution in [3.8, 4) is 0 Å². The van der Waals surface area contributed by atoms with Gasteiger partial charge in [0.05, 0.1) is 13.2 Å². The zero-order valence-electron chi connectivity index (χ0n) is 14.0. The minimum Gasteiger partial charge on any atom is -0.475 e. The lowest BCUT2D eigenvalue weighted by Gasteiger charge is -2.50. The fourth-order valence-electron chi connectivity index (χ4n) is 3.21. The van der Waals surface area contributed by atoms with E-state index in [1.54, 1.807) is 11.3 Å². The Balaban J connectivity index is 0.000000277. The minimum absolute atomic E-state index is 0.292. The number of thiazole rings is 1. The van der Waals surface area contributed by atoms with E-state index < -0.39 is 12.1 Å². The topological polar surface area (TPSA) is 65.9 Å². The zero-order chi connectivity index (χ0) is 18.5. The molecule has 3 heterocycles. The van der Waals surface area contributed by atoms with Crippen LogP contribution in [-0.2, 0) is 9.53 Å². The number of ether oxygens (including phenoxy) is 1. The number of piperidine rings is 1. The van der Waals surface area contributed by atoms with Crippen LogP contribution < -0.4 is 4.90 Å². The van der Waals surface area contributed by atoms with E-state index >= 15 is 0 Å². The molecule has 1 N–H and O–H groups in total. The molecule has 0 unspecified atom stereocenters. The quantitative estimate of drug-likeness (QED) is 0.849. The van der Waals surface area contributed by atoms with Crippen LogP contribution >= 0.6 is 11.3 Å². The van der Waals surface area contributed by atoms with Gasteiger partial charge in [-0.25, -0.2) is 9.78 Å². The Labute approximate surface area is 148 Å². The van der Waals surface area contributed by atoms with Crippen molar-refractivity contribution in [2.45, 2.75) is 31.5 Å². The van der Waals surface area contributed by atoms with E-state index in [-0.39, 0.29) is 0 Å². The first-order valence-corrected chi connectivity index (χ1v) is 8.94. The molecule has 1 aromatic heterocycles. The van der Waals surface area contributed by atoms with Crippen LogP contribution in [0.1, 0.15) is 19.8 Å². The highest BCUT2D eigenvalue weighted by molar-refractivity contribution is 7.13. The maximum atomic E-state index is 10.6. The standard InChI is InChI=1S/C13H21N3OS.C2HF3O2/c1-2-16-8-9-17-11-13(16)3-6-15(7-4-13)12-14-5-10-18-12;3-2(4,5)1(6)7/h5,10H,2-4,6-9,11H2,1H3;(H,6,7). The molecule has 0 aliphatic carbocycles. The van der Waals surface area contributed by atoms with Gasteiger partial charge >= 0.3 is 12.1 Å². The van der Waals surface area contributed by atoms with Crippen molar-refractivity contribution in [2.24, 2.45) is 0 Å². The molecule has 2 aliphatic heterocycles. The number of carbonyl (C=O) groups is 1. The molecule has 6 nitrogen and oxygen atoms in total. The largest absolute Gasteiger partial charge is 0.490 e. The summed E-state index contributed by atoms with van der Waals surface area (Å²) in [5, 5.41) is 10.4. The van der Waals surface area contributed by atoms with Crippen LogP contribution in [0.5, 0.6) is 0 Å². The Morgan fingerprint density at radius 2 is 2.04 bits per heavy atom. The first-order chi connectivity index (χ1) is 11.8. The van der Waals surface area contributed by atoms with Gasteiger partial charge in [0.2, 0.25) is 0 Å². The Hall–Kier alpha value is -1.39. The van der Waals surface area contributed by atoms with Crippen LogP contribution in [0.4, 0.5) is 18.3 Å². The lowest BCUT2D eigenvalue weighted by Crippen LogP contribution is -2.61. The smallest absolute Gasteiger partial charge is 0.475 e. The molecule has 25 heavy (non-hydrogen) atoms. The average molecular weight is 381 g/mol. The number of hydrogen-bond donors (Lipinski definition) is 1. The zero-order valence-corrected chi connectivity index (χ0v) is 14.8. The summed E-state index contributed by atoms with van der Waals surface area (Å²) in [5.74, 6) is -2.76. The van der Waals surface area contributed by atoms with Gasteiger partial charge in [-0.1, -0.05) is 6.92 Å². The number of alkyl halides is 3. The summed E-state index contributed by atoms with van der Waals surface area (Å²) in [6.07, 6.45) is -0.798. The predicted octanol–water partition coefficient (Wildman–Crippen LogP) is 2.47. The maximum Gasteiger partial charge on any atom is 0.490 e. The van der Waals surface area contributed by atoms with Crippen LogP contribution in [0.15, 0.2) is 11.6 Å². The number of carboxylic acids is 1. The number of aromatic nitrogens is 1. The van der Waals surface area contributed by atoms with Crippen molar-refractivity contribution in [3.63, 3.8) is 0 Å². The van der Waals surface area contributed by atoms with Crippen molar-refractivity contribution >= 4 is 22.4 Å². The molecule has 0 radical (unpaired) electrons. The average Bonchev–Trinajstić information content (AvgIpc) is 3.10. The second kappa shape index (κ2) is 8.33. The molecule has 3 rings (SSSR count). The molecule has 10 heteroatoms. The van der Waals surface area contributed by atoms with E-state index in [2.05, 4.69) is 27.1 Å². The fourth-order valence-corrected chi connectivity index (χ4v) is 3.90. The third-order valence-corrected chi connectivity index (χ3v) is 5.39. The van der Waals surface area contributed by atoms with Crippen molar-refractivity contribution in [1.82, 2.24) is 9.88 Å². The number of morpholine rings is 1. The van der Waals surface area contributed by atoms with Crippen molar-refractivity contribution in [1.29, 1.82) is 0 Å². The highest BCUT2D eigenvalue weighted by Gasteiger charge is 2.41. The molecule has 1 spiro atoms. The van der Waals surface area contributed by atoms with Gasteiger partial charge in [0, 0.05) is 36.8 Å². The molecule has 2 fully saturated rings. The van der Waals surface area contributed by atoms with Gasteiger partial charge in [0.15, 0.2) is 5.13 Å². The van der Waals surface area contributed by atoms with Crippen LogP contribution in [-0.4, -0.2) is 72.1 Å². The van der Waals surface area contributed by atoms with Gasteiger partial charge in [0.1, 0.15) is 0 Å². The fraction of sp³-hybridized carbons (Fsp3) is 0.733. The molecule has 0 saturated carbocycles. The third kappa shape index (κ3) is 5.05. The van der Waals surface area contributed by atoms with E-state index in [9.17, 15) is 13.2 Å². The SMILES string of the molecule is CCN1CCOCC12CCN(c1nccs1)CC2.O=C(O)C(F)(F)F. The number of halogens is 3. The Bertz CT molecular complexity index is 546. The van der Waals surface area contributed by atoms with E-state index in [0.29, 0.717) is 5.54 Å². The van der Waals surface area contributed by atoms with E-state index in [0.717, 1.165) is 39.4 Å². The maximum absolute atomic E-state index is 10.6. The summed E-state index contributed by atoms with van der Waals surface area (Å²) in [5.41, 5.74) is 0.292. The van der Waals surface area contributed by atoms with Crippen molar-refractivity contribution in [3.05, 3.63) is 11.6 Å². The molecule has 142 valence electrons. The van der Waals surface area contributed by atoms with E-state index in [1.165, 1.54) is 18.0 Å². The molecule has 2 saturated heterocycles. The summed E-state index contributed by atoms with van der Waals surface area (Å²) in [4.78, 5) is 18.3. The van der Waals surface area contributed by atoms with Crippen LogP contribution in [0.25, 0.3) is 0 Å². The molecule has 0 atom stereocenters. The van der Waals surface area contributed by atoms with Crippen molar-refractivity contribution < 1.29 is 27.8 Å². The van der Waals surface area contributed by atoms with Gasteiger partial charge in [0.25, 0.3) is 0 Å². The highest BCUT2D eigenvalue weighted by Crippen LogP contribution is 2.33. The number of carboxylic acid groups (broad SMARTS) is 1. The molecule has 0 amide bonds. The second-order valence-corrected chi connectivity index (χ2v) is 6.83. The summed E-state index contributed by atoms with van der Waals surface area (Å²) in [7, 11) is 0. The number of hydrogen-bond acceptors (Lipinski definition) is 6. The molecular formula is C15H22F3N3O3S. The van der Waals surface area contributed by atoms with Crippen LogP contribution in [0.2, 0.25) is 0 Å². The number of likely N-dealkylation sites (N-methyl/N-ethyl adjacent to an activating group) is 1. The van der Waals surface area contributed by atoms with E-state index in [4.69, 9.17) is 14.6 Å². The number of anilines is 1. The molecule has 1 aromatic rings. The minimum atomic E-state index is -5.08. The lowest BCUT2D eigenvalue weighted by molar-refractivity contribution is -0.192.